The lowest BCUT2D eigenvalue weighted by Gasteiger charge is -2.20. The van der Waals surface area contributed by atoms with Crippen molar-refractivity contribution in [1.82, 2.24) is 9.97 Å². The zero-order valence-electron chi connectivity index (χ0n) is 11.1. The van der Waals surface area contributed by atoms with E-state index < -0.39 is 0 Å². The van der Waals surface area contributed by atoms with Gasteiger partial charge in [0.25, 0.3) is 0 Å². The highest BCUT2D eigenvalue weighted by Crippen LogP contribution is 2.23. The number of aryl methyl sites for hydroxylation is 2. The largest absolute Gasteiger partial charge is 0.353 e. The lowest BCUT2D eigenvalue weighted by Crippen LogP contribution is -2.19. The van der Waals surface area contributed by atoms with Crippen LogP contribution in [0.3, 0.4) is 0 Å². The molecule has 0 aliphatic carbocycles. The van der Waals surface area contributed by atoms with E-state index in [2.05, 4.69) is 38.0 Å². The van der Waals surface area contributed by atoms with Gasteiger partial charge in [0.1, 0.15) is 0 Å². The molecule has 0 saturated heterocycles. The van der Waals surface area contributed by atoms with Crippen molar-refractivity contribution in [2.45, 2.75) is 20.4 Å². The molecule has 3 nitrogen and oxygen atoms in total. The summed E-state index contributed by atoms with van der Waals surface area (Å²) in [5.41, 5.74) is 2.97. The number of halogens is 2. The van der Waals surface area contributed by atoms with Gasteiger partial charge in [-0.2, -0.15) is 0 Å². The Bertz CT molecular complexity index is 584. The van der Waals surface area contributed by atoms with Crippen LogP contribution >= 0.6 is 27.5 Å². The fourth-order valence-corrected chi connectivity index (χ4v) is 2.32. The number of benzene rings is 1. The SMILES string of the molecule is Cc1nc(Cl)c(N(C)Cc2ccc(Br)cc2)nc1C. The highest BCUT2D eigenvalue weighted by atomic mass is 79.9. The van der Waals surface area contributed by atoms with Gasteiger partial charge in [0.05, 0.1) is 11.4 Å². The molecular weight excluding hydrogens is 326 g/mol. The Labute approximate surface area is 126 Å². The van der Waals surface area contributed by atoms with Gasteiger partial charge in [-0.3, -0.25) is 0 Å². The van der Waals surface area contributed by atoms with Crippen LogP contribution in [0.2, 0.25) is 5.15 Å². The fourth-order valence-electron chi connectivity index (χ4n) is 1.75. The van der Waals surface area contributed by atoms with E-state index in [9.17, 15) is 0 Å². The van der Waals surface area contributed by atoms with Crippen molar-refractivity contribution in [3.63, 3.8) is 0 Å². The first kappa shape index (κ1) is 14.3. The van der Waals surface area contributed by atoms with Crippen LogP contribution in [0.5, 0.6) is 0 Å². The molecule has 1 heterocycles. The predicted molar refractivity (Wildman–Crippen MR) is 82.8 cm³/mol. The van der Waals surface area contributed by atoms with Crippen molar-refractivity contribution in [3.8, 4) is 0 Å². The van der Waals surface area contributed by atoms with Crippen LogP contribution in [0.4, 0.5) is 5.82 Å². The van der Waals surface area contributed by atoms with E-state index in [1.54, 1.807) is 0 Å². The van der Waals surface area contributed by atoms with Gasteiger partial charge in [0, 0.05) is 18.1 Å². The third-order valence-electron chi connectivity index (χ3n) is 2.94. The first-order chi connectivity index (χ1) is 8.97. The summed E-state index contributed by atoms with van der Waals surface area (Å²) in [6.45, 7) is 4.59. The molecule has 2 rings (SSSR count). The molecule has 0 fully saturated rings. The third kappa shape index (κ3) is 3.45. The molecule has 0 aliphatic heterocycles. The van der Waals surface area contributed by atoms with E-state index in [0.29, 0.717) is 11.0 Å². The molecule has 0 bridgehead atoms. The summed E-state index contributed by atoms with van der Waals surface area (Å²) in [6, 6.07) is 8.19. The lowest BCUT2D eigenvalue weighted by molar-refractivity contribution is 0.876. The minimum atomic E-state index is 0.447. The smallest absolute Gasteiger partial charge is 0.171 e. The standard InChI is InChI=1S/C14H15BrClN3/c1-9-10(2)18-14(13(16)17-9)19(3)8-11-4-6-12(15)7-5-11/h4-7H,8H2,1-3H3. The third-order valence-corrected chi connectivity index (χ3v) is 3.72. The molecule has 0 radical (unpaired) electrons. The Morgan fingerprint density at radius 2 is 1.68 bits per heavy atom. The number of anilines is 1. The van der Waals surface area contributed by atoms with E-state index in [4.69, 9.17) is 11.6 Å². The molecule has 2 aromatic rings. The second kappa shape index (κ2) is 5.88. The van der Waals surface area contributed by atoms with Crippen molar-refractivity contribution in [2.24, 2.45) is 0 Å². The van der Waals surface area contributed by atoms with E-state index in [0.717, 1.165) is 22.4 Å². The van der Waals surface area contributed by atoms with Crippen molar-refractivity contribution in [2.75, 3.05) is 11.9 Å². The van der Waals surface area contributed by atoms with Crippen LogP contribution in [-0.2, 0) is 6.54 Å². The van der Waals surface area contributed by atoms with Crippen LogP contribution < -0.4 is 4.90 Å². The summed E-state index contributed by atoms with van der Waals surface area (Å²) in [6.07, 6.45) is 0. The molecule has 0 aliphatic rings. The Kier molecular flexibility index (Phi) is 4.42. The Balaban J connectivity index is 2.22. The summed E-state index contributed by atoms with van der Waals surface area (Å²) in [5, 5.41) is 0.447. The summed E-state index contributed by atoms with van der Waals surface area (Å²) < 4.78 is 1.07. The molecule has 0 atom stereocenters. The minimum absolute atomic E-state index is 0.447. The molecule has 100 valence electrons. The Morgan fingerprint density at radius 3 is 2.32 bits per heavy atom. The first-order valence-electron chi connectivity index (χ1n) is 5.93. The molecule has 0 unspecified atom stereocenters. The molecule has 5 heteroatoms. The number of aromatic nitrogens is 2. The quantitative estimate of drug-likeness (QED) is 0.840. The van der Waals surface area contributed by atoms with Crippen LogP contribution in [0.15, 0.2) is 28.7 Å². The van der Waals surface area contributed by atoms with E-state index >= 15 is 0 Å². The fraction of sp³-hybridized carbons (Fsp3) is 0.286. The van der Waals surface area contributed by atoms with Gasteiger partial charge in [-0.15, -0.1) is 0 Å². The van der Waals surface area contributed by atoms with Gasteiger partial charge in [-0.05, 0) is 31.5 Å². The van der Waals surface area contributed by atoms with Gasteiger partial charge < -0.3 is 4.90 Å². The van der Waals surface area contributed by atoms with Crippen LogP contribution in [0, 0.1) is 13.8 Å². The van der Waals surface area contributed by atoms with E-state index in [1.165, 1.54) is 5.56 Å². The monoisotopic (exact) mass is 339 g/mol. The highest BCUT2D eigenvalue weighted by Gasteiger charge is 2.11. The molecular formula is C14H15BrClN3. The van der Waals surface area contributed by atoms with Gasteiger partial charge in [-0.25, -0.2) is 9.97 Å². The average molecular weight is 341 g/mol. The average Bonchev–Trinajstić information content (AvgIpc) is 2.36. The zero-order valence-corrected chi connectivity index (χ0v) is 13.5. The number of hydrogen-bond acceptors (Lipinski definition) is 3. The summed E-state index contributed by atoms with van der Waals surface area (Å²) >= 11 is 9.59. The molecule has 0 saturated carbocycles. The van der Waals surface area contributed by atoms with Crippen molar-refractivity contribution in [1.29, 1.82) is 0 Å². The number of hydrogen-bond donors (Lipinski definition) is 0. The summed E-state index contributed by atoms with van der Waals surface area (Å²) in [5.74, 6) is 0.715. The van der Waals surface area contributed by atoms with E-state index in [-0.39, 0.29) is 0 Å². The predicted octanol–water partition coefficient (Wildman–Crippen LogP) is 4.15. The Hall–Kier alpha value is -1.13. The van der Waals surface area contributed by atoms with Gasteiger partial charge in [0.2, 0.25) is 0 Å². The molecule has 0 spiro atoms. The summed E-state index contributed by atoms with van der Waals surface area (Å²) in [4.78, 5) is 10.8. The lowest BCUT2D eigenvalue weighted by atomic mass is 10.2. The molecule has 19 heavy (non-hydrogen) atoms. The van der Waals surface area contributed by atoms with Crippen molar-refractivity contribution in [3.05, 3.63) is 50.8 Å². The maximum atomic E-state index is 6.17. The second-order valence-corrected chi connectivity index (χ2v) is 5.77. The second-order valence-electron chi connectivity index (χ2n) is 4.49. The van der Waals surface area contributed by atoms with Crippen LogP contribution in [-0.4, -0.2) is 17.0 Å². The minimum Gasteiger partial charge on any atom is -0.353 e. The molecule has 1 aromatic carbocycles. The maximum absolute atomic E-state index is 6.17. The van der Waals surface area contributed by atoms with Crippen LogP contribution in [0.1, 0.15) is 17.0 Å². The molecule has 0 amide bonds. The summed E-state index contributed by atoms with van der Waals surface area (Å²) in [7, 11) is 1.96. The van der Waals surface area contributed by atoms with Gasteiger partial charge in [-0.1, -0.05) is 39.7 Å². The molecule has 0 N–H and O–H groups in total. The van der Waals surface area contributed by atoms with Crippen molar-refractivity contribution >= 4 is 33.3 Å². The van der Waals surface area contributed by atoms with Gasteiger partial charge in [0.15, 0.2) is 11.0 Å². The molecule has 1 aromatic heterocycles. The first-order valence-corrected chi connectivity index (χ1v) is 7.11. The number of nitrogens with zero attached hydrogens (tertiary/aromatic N) is 3. The number of rotatable bonds is 3. The topological polar surface area (TPSA) is 29.0 Å². The Morgan fingerprint density at radius 1 is 1.11 bits per heavy atom. The normalized spacial score (nSPS) is 10.6. The van der Waals surface area contributed by atoms with Crippen molar-refractivity contribution < 1.29 is 0 Å². The highest BCUT2D eigenvalue weighted by molar-refractivity contribution is 9.10. The maximum Gasteiger partial charge on any atom is 0.171 e. The van der Waals surface area contributed by atoms with Crippen LogP contribution in [0.25, 0.3) is 0 Å². The van der Waals surface area contributed by atoms with E-state index in [1.807, 2.05) is 37.9 Å². The zero-order chi connectivity index (χ0) is 14.0. The van der Waals surface area contributed by atoms with Gasteiger partial charge >= 0.3 is 0 Å².